The molecule has 6 nitrogen and oxygen atoms in total. The molecule has 0 spiro atoms. The van der Waals surface area contributed by atoms with E-state index < -0.39 is 0 Å². The van der Waals surface area contributed by atoms with E-state index in [4.69, 9.17) is 5.73 Å². The van der Waals surface area contributed by atoms with Crippen molar-refractivity contribution in [3.8, 4) is 0 Å². The summed E-state index contributed by atoms with van der Waals surface area (Å²) in [7, 11) is 0. The van der Waals surface area contributed by atoms with Crippen LogP contribution in [0.4, 0.5) is 10.3 Å². The highest BCUT2D eigenvalue weighted by atomic mass is 32.2. The SMILES string of the molecule is C[C@@H](Sc1nnc(N)s1)C(=O)Nc1nccs1. The molecular weight excluding hydrogens is 278 g/mol. The molecular formula is C8H9N5OS3. The highest BCUT2D eigenvalue weighted by Crippen LogP contribution is 2.28. The number of hydrogen-bond donors (Lipinski definition) is 2. The van der Waals surface area contributed by atoms with Gasteiger partial charge in [-0.3, -0.25) is 4.79 Å². The summed E-state index contributed by atoms with van der Waals surface area (Å²) >= 11 is 3.97. The molecule has 0 fully saturated rings. The molecule has 17 heavy (non-hydrogen) atoms. The van der Waals surface area contributed by atoms with Crippen molar-refractivity contribution in [3.05, 3.63) is 11.6 Å². The Morgan fingerprint density at radius 1 is 1.59 bits per heavy atom. The van der Waals surface area contributed by atoms with Crippen LogP contribution in [-0.4, -0.2) is 26.3 Å². The van der Waals surface area contributed by atoms with Crippen molar-refractivity contribution >= 4 is 50.6 Å². The predicted octanol–water partition coefficient (Wildman–Crippen LogP) is 1.70. The Balaban J connectivity index is 1.91. The number of anilines is 2. The van der Waals surface area contributed by atoms with Crippen LogP contribution in [0.1, 0.15) is 6.92 Å². The van der Waals surface area contributed by atoms with Gasteiger partial charge in [-0.05, 0) is 6.92 Å². The van der Waals surface area contributed by atoms with Crippen molar-refractivity contribution in [2.24, 2.45) is 0 Å². The van der Waals surface area contributed by atoms with Crippen molar-refractivity contribution in [2.45, 2.75) is 16.5 Å². The maximum atomic E-state index is 11.8. The van der Waals surface area contributed by atoms with E-state index in [2.05, 4.69) is 20.5 Å². The predicted molar refractivity (Wildman–Crippen MR) is 70.4 cm³/mol. The summed E-state index contributed by atoms with van der Waals surface area (Å²) in [5, 5.41) is 12.8. The molecule has 90 valence electrons. The summed E-state index contributed by atoms with van der Waals surface area (Å²) in [6.07, 6.45) is 1.64. The van der Waals surface area contributed by atoms with Crippen LogP contribution in [0.25, 0.3) is 0 Å². The second-order valence-electron chi connectivity index (χ2n) is 2.99. The number of amides is 1. The maximum absolute atomic E-state index is 11.8. The molecule has 0 aliphatic carbocycles. The first-order valence-corrected chi connectivity index (χ1v) is 7.18. The summed E-state index contributed by atoms with van der Waals surface area (Å²) in [5.41, 5.74) is 5.46. The largest absolute Gasteiger partial charge is 0.374 e. The first-order valence-electron chi connectivity index (χ1n) is 4.61. The summed E-state index contributed by atoms with van der Waals surface area (Å²) in [6.45, 7) is 1.80. The van der Waals surface area contributed by atoms with Gasteiger partial charge >= 0.3 is 0 Å². The number of carbonyl (C=O) groups excluding carboxylic acids is 1. The van der Waals surface area contributed by atoms with Gasteiger partial charge in [0.1, 0.15) is 0 Å². The van der Waals surface area contributed by atoms with Crippen LogP contribution in [0.2, 0.25) is 0 Å². The van der Waals surface area contributed by atoms with Gasteiger partial charge in [-0.2, -0.15) is 0 Å². The minimum absolute atomic E-state index is 0.112. The molecule has 1 atom stereocenters. The third-order valence-electron chi connectivity index (χ3n) is 1.73. The highest BCUT2D eigenvalue weighted by molar-refractivity contribution is 8.02. The zero-order chi connectivity index (χ0) is 12.3. The average molecular weight is 287 g/mol. The molecule has 0 aliphatic rings. The van der Waals surface area contributed by atoms with Crippen LogP contribution in [-0.2, 0) is 4.79 Å². The van der Waals surface area contributed by atoms with Crippen LogP contribution in [0, 0.1) is 0 Å². The number of aromatic nitrogens is 3. The Labute approximate surface area is 110 Å². The number of hydrogen-bond acceptors (Lipinski definition) is 8. The summed E-state index contributed by atoms with van der Waals surface area (Å²) in [5.74, 6) is -0.112. The lowest BCUT2D eigenvalue weighted by molar-refractivity contribution is -0.115. The fourth-order valence-electron chi connectivity index (χ4n) is 0.965. The fraction of sp³-hybridized carbons (Fsp3) is 0.250. The fourth-order valence-corrected chi connectivity index (χ4v) is 3.28. The van der Waals surface area contributed by atoms with Crippen molar-refractivity contribution in [3.63, 3.8) is 0 Å². The standard InChI is InChI=1S/C8H9N5OS3/c1-4(16-8-13-12-6(9)17-8)5(14)11-7-10-2-3-15-7/h2-4H,1H3,(H2,9,12)(H,10,11,14)/t4-/m1/s1. The van der Waals surface area contributed by atoms with Crippen molar-refractivity contribution in [2.75, 3.05) is 11.1 Å². The number of rotatable bonds is 4. The van der Waals surface area contributed by atoms with E-state index in [0.29, 0.717) is 14.6 Å². The van der Waals surface area contributed by atoms with Gasteiger partial charge in [0.15, 0.2) is 9.47 Å². The minimum atomic E-state index is -0.272. The Hall–Kier alpha value is -1.19. The molecule has 0 aliphatic heterocycles. The molecule has 9 heteroatoms. The van der Waals surface area contributed by atoms with E-state index in [9.17, 15) is 4.79 Å². The molecule has 0 aromatic carbocycles. The van der Waals surface area contributed by atoms with Gasteiger partial charge in [0.2, 0.25) is 11.0 Å². The second-order valence-corrected chi connectivity index (χ2v) is 6.48. The van der Waals surface area contributed by atoms with E-state index in [1.165, 1.54) is 34.4 Å². The van der Waals surface area contributed by atoms with Gasteiger partial charge in [0.25, 0.3) is 0 Å². The third kappa shape index (κ3) is 3.38. The van der Waals surface area contributed by atoms with E-state index in [0.717, 1.165) is 0 Å². The monoisotopic (exact) mass is 287 g/mol. The Bertz CT molecular complexity index is 497. The van der Waals surface area contributed by atoms with Crippen molar-refractivity contribution < 1.29 is 4.79 Å². The van der Waals surface area contributed by atoms with Gasteiger partial charge in [-0.15, -0.1) is 21.5 Å². The van der Waals surface area contributed by atoms with Gasteiger partial charge < -0.3 is 11.1 Å². The Kier molecular flexibility index (Phi) is 3.92. The number of nitrogens with two attached hydrogens (primary N) is 1. The lowest BCUT2D eigenvalue weighted by Crippen LogP contribution is -2.22. The average Bonchev–Trinajstić information content (AvgIpc) is 2.90. The van der Waals surface area contributed by atoms with E-state index in [1.807, 2.05) is 0 Å². The number of nitrogens with zero attached hydrogens (tertiary/aromatic N) is 3. The number of nitrogen functional groups attached to an aromatic ring is 1. The number of carbonyl (C=O) groups is 1. The molecule has 2 heterocycles. The second kappa shape index (κ2) is 5.43. The lowest BCUT2D eigenvalue weighted by Gasteiger charge is -2.07. The molecule has 0 bridgehead atoms. The van der Waals surface area contributed by atoms with Gasteiger partial charge in [-0.25, -0.2) is 4.98 Å². The van der Waals surface area contributed by atoms with E-state index >= 15 is 0 Å². The first kappa shape index (κ1) is 12.3. The topological polar surface area (TPSA) is 93.8 Å². The van der Waals surface area contributed by atoms with Gasteiger partial charge in [-0.1, -0.05) is 23.1 Å². The van der Waals surface area contributed by atoms with Crippen LogP contribution in [0.3, 0.4) is 0 Å². The molecule has 0 saturated carbocycles. The summed E-state index contributed by atoms with van der Waals surface area (Å²) in [4.78, 5) is 15.8. The number of thioether (sulfide) groups is 1. The molecule has 2 aromatic rings. The quantitative estimate of drug-likeness (QED) is 0.831. The van der Waals surface area contributed by atoms with Crippen LogP contribution in [0.15, 0.2) is 15.9 Å². The molecule has 2 aromatic heterocycles. The van der Waals surface area contributed by atoms with Gasteiger partial charge in [0, 0.05) is 11.6 Å². The van der Waals surface area contributed by atoms with E-state index in [-0.39, 0.29) is 11.2 Å². The minimum Gasteiger partial charge on any atom is -0.374 e. The zero-order valence-corrected chi connectivity index (χ0v) is 11.2. The first-order chi connectivity index (χ1) is 8.15. The lowest BCUT2D eigenvalue weighted by atomic mass is 10.4. The normalized spacial score (nSPS) is 12.3. The van der Waals surface area contributed by atoms with Crippen LogP contribution < -0.4 is 11.1 Å². The third-order valence-corrected chi connectivity index (χ3v) is 4.36. The van der Waals surface area contributed by atoms with E-state index in [1.54, 1.807) is 18.5 Å². The molecule has 0 saturated heterocycles. The number of thiazole rings is 1. The Morgan fingerprint density at radius 3 is 3.00 bits per heavy atom. The summed E-state index contributed by atoms with van der Waals surface area (Å²) < 4.78 is 0.685. The molecule has 0 radical (unpaired) electrons. The number of nitrogens with one attached hydrogen (secondary N) is 1. The zero-order valence-electron chi connectivity index (χ0n) is 8.78. The highest BCUT2D eigenvalue weighted by Gasteiger charge is 2.17. The molecule has 1 amide bonds. The van der Waals surface area contributed by atoms with Crippen LogP contribution >= 0.6 is 34.4 Å². The summed E-state index contributed by atoms with van der Waals surface area (Å²) in [6, 6.07) is 0. The maximum Gasteiger partial charge on any atom is 0.239 e. The molecule has 0 unspecified atom stereocenters. The Morgan fingerprint density at radius 2 is 2.41 bits per heavy atom. The molecule has 2 rings (SSSR count). The van der Waals surface area contributed by atoms with Crippen molar-refractivity contribution in [1.82, 2.24) is 15.2 Å². The van der Waals surface area contributed by atoms with Gasteiger partial charge in [0.05, 0.1) is 5.25 Å². The molecule has 3 N–H and O–H groups in total. The van der Waals surface area contributed by atoms with Crippen molar-refractivity contribution in [1.29, 1.82) is 0 Å². The smallest absolute Gasteiger partial charge is 0.239 e. The van der Waals surface area contributed by atoms with Crippen LogP contribution in [0.5, 0.6) is 0 Å².